The lowest BCUT2D eigenvalue weighted by Crippen LogP contribution is -2.38. The number of halogens is 1. The maximum absolute atomic E-state index is 12.6. The molecule has 3 rings (SSSR count). The van der Waals surface area contributed by atoms with Crippen LogP contribution in [0, 0.1) is 10.1 Å². The van der Waals surface area contributed by atoms with Gasteiger partial charge in [-0.15, -0.1) is 0 Å². The van der Waals surface area contributed by atoms with Crippen molar-refractivity contribution in [2.45, 2.75) is 31.7 Å². The van der Waals surface area contributed by atoms with E-state index in [0.29, 0.717) is 6.54 Å². The second-order valence-electron chi connectivity index (χ2n) is 6.65. The molecule has 1 atom stereocenters. The Morgan fingerprint density at radius 1 is 1.26 bits per heavy atom. The van der Waals surface area contributed by atoms with Gasteiger partial charge in [-0.2, -0.15) is 11.3 Å². The first kappa shape index (κ1) is 19.8. The summed E-state index contributed by atoms with van der Waals surface area (Å²) >= 11 is 7.73. The van der Waals surface area contributed by atoms with Crippen molar-refractivity contribution in [3.63, 3.8) is 0 Å². The number of hydrogen-bond donors (Lipinski definition) is 1. The van der Waals surface area contributed by atoms with E-state index >= 15 is 0 Å². The third-order valence-corrected chi connectivity index (χ3v) is 5.89. The van der Waals surface area contributed by atoms with Crippen molar-refractivity contribution in [1.29, 1.82) is 0 Å². The zero-order valence-electron chi connectivity index (χ0n) is 14.9. The van der Waals surface area contributed by atoms with Crippen LogP contribution in [-0.2, 0) is 0 Å². The average Bonchev–Trinajstić information content (AvgIpc) is 3.04. The molecular formula is C19H22ClN3O3S. The molecule has 27 heavy (non-hydrogen) atoms. The van der Waals surface area contributed by atoms with Crippen LogP contribution in [0.15, 0.2) is 35.0 Å². The highest BCUT2D eigenvalue weighted by Gasteiger charge is 2.23. The first-order valence-corrected chi connectivity index (χ1v) is 10.4. The van der Waals surface area contributed by atoms with Gasteiger partial charge in [-0.3, -0.25) is 19.8 Å². The van der Waals surface area contributed by atoms with Gasteiger partial charge in [0, 0.05) is 18.7 Å². The fraction of sp³-hybridized carbons (Fsp3) is 0.421. The molecule has 1 amide bonds. The van der Waals surface area contributed by atoms with Gasteiger partial charge < -0.3 is 5.32 Å². The summed E-state index contributed by atoms with van der Waals surface area (Å²) in [4.78, 5) is 25.3. The van der Waals surface area contributed by atoms with E-state index in [1.807, 2.05) is 0 Å². The van der Waals surface area contributed by atoms with Crippen LogP contribution in [-0.4, -0.2) is 35.4 Å². The molecule has 2 heterocycles. The second-order valence-corrected chi connectivity index (χ2v) is 7.84. The van der Waals surface area contributed by atoms with E-state index in [0.717, 1.165) is 13.1 Å². The second kappa shape index (κ2) is 9.30. The maximum Gasteiger partial charge on any atom is 0.270 e. The summed E-state index contributed by atoms with van der Waals surface area (Å²) in [7, 11) is 0. The van der Waals surface area contributed by atoms with Crippen molar-refractivity contribution >= 4 is 34.5 Å². The molecule has 1 saturated heterocycles. The minimum atomic E-state index is -0.528. The summed E-state index contributed by atoms with van der Waals surface area (Å²) in [6.07, 6.45) is 4.83. The molecule has 1 aliphatic heterocycles. The largest absolute Gasteiger partial charge is 0.350 e. The van der Waals surface area contributed by atoms with Gasteiger partial charge in [-0.25, -0.2) is 0 Å². The number of hydrogen-bond acceptors (Lipinski definition) is 5. The number of benzene rings is 1. The molecule has 0 spiro atoms. The van der Waals surface area contributed by atoms with Crippen LogP contribution >= 0.6 is 22.9 Å². The van der Waals surface area contributed by atoms with E-state index < -0.39 is 4.92 Å². The van der Waals surface area contributed by atoms with Gasteiger partial charge in [-0.05, 0) is 54.4 Å². The first-order chi connectivity index (χ1) is 13.1. The predicted molar refractivity (Wildman–Crippen MR) is 108 cm³/mol. The Balaban J connectivity index is 1.71. The summed E-state index contributed by atoms with van der Waals surface area (Å²) in [6.45, 7) is 2.52. The number of likely N-dealkylation sites (tertiary alicyclic amines) is 1. The number of nitro benzene ring substituents is 1. The van der Waals surface area contributed by atoms with Crippen molar-refractivity contribution in [1.82, 2.24) is 10.2 Å². The topological polar surface area (TPSA) is 75.5 Å². The number of amides is 1. The molecule has 0 bridgehead atoms. The fourth-order valence-corrected chi connectivity index (χ4v) is 4.38. The van der Waals surface area contributed by atoms with Gasteiger partial charge in [0.25, 0.3) is 11.6 Å². The van der Waals surface area contributed by atoms with Crippen molar-refractivity contribution in [2.24, 2.45) is 0 Å². The Labute approximate surface area is 167 Å². The molecule has 2 aromatic rings. The van der Waals surface area contributed by atoms with Gasteiger partial charge in [-0.1, -0.05) is 24.4 Å². The number of thiophene rings is 1. The van der Waals surface area contributed by atoms with Crippen LogP contribution in [0.25, 0.3) is 0 Å². The molecular weight excluding hydrogens is 386 g/mol. The lowest BCUT2D eigenvalue weighted by Gasteiger charge is -2.30. The monoisotopic (exact) mass is 407 g/mol. The highest BCUT2D eigenvalue weighted by atomic mass is 35.5. The molecule has 0 radical (unpaired) electrons. The molecule has 0 saturated carbocycles. The smallest absolute Gasteiger partial charge is 0.270 e. The third-order valence-electron chi connectivity index (χ3n) is 4.87. The molecule has 144 valence electrons. The molecule has 1 unspecified atom stereocenters. The summed E-state index contributed by atoms with van der Waals surface area (Å²) in [6, 6.07) is 6.13. The van der Waals surface area contributed by atoms with E-state index in [1.165, 1.54) is 49.4 Å². The zero-order valence-corrected chi connectivity index (χ0v) is 16.5. The van der Waals surface area contributed by atoms with Crippen molar-refractivity contribution in [3.8, 4) is 0 Å². The van der Waals surface area contributed by atoms with Gasteiger partial charge in [0.05, 0.1) is 21.6 Å². The van der Waals surface area contributed by atoms with Crippen LogP contribution in [0.2, 0.25) is 5.02 Å². The molecule has 1 aromatic heterocycles. The van der Waals surface area contributed by atoms with E-state index in [1.54, 1.807) is 11.3 Å². The molecule has 1 aromatic carbocycles. The van der Waals surface area contributed by atoms with Crippen LogP contribution < -0.4 is 5.32 Å². The van der Waals surface area contributed by atoms with Gasteiger partial charge in [0.15, 0.2) is 0 Å². The molecule has 1 aliphatic rings. The van der Waals surface area contributed by atoms with Crippen LogP contribution in [0.3, 0.4) is 0 Å². The summed E-state index contributed by atoms with van der Waals surface area (Å²) < 4.78 is 0. The normalized spacial score (nSPS) is 16.5. The maximum atomic E-state index is 12.6. The zero-order chi connectivity index (χ0) is 19.2. The van der Waals surface area contributed by atoms with E-state index in [-0.39, 0.29) is 28.2 Å². The fourth-order valence-electron chi connectivity index (χ4n) is 3.42. The Hall–Kier alpha value is -1.96. The molecule has 0 aliphatic carbocycles. The minimum absolute atomic E-state index is 0.0866. The molecule has 1 N–H and O–H groups in total. The van der Waals surface area contributed by atoms with Crippen molar-refractivity contribution in [2.75, 3.05) is 19.6 Å². The highest BCUT2D eigenvalue weighted by Crippen LogP contribution is 2.26. The van der Waals surface area contributed by atoms with Gasteiger partial charge in [0.1, 0.15) is 0 Å². The van der Waals surface area contributed by atoms with Crippen LogP contribution in [0.4, 0.5) is 5.69 Å². The Morgan fingerprint density at radius 3 is 2.59 bits per heavy atom. The molecule has 6 nitrogen and oxygen atoms in total. The number of carbonyl (C=O) groups excluding carboxylic acids is 1. The van der Waals surface area contributed by atoms with E-state index in [4.69, 9.17) is 11.6 Å². The lowest BCUT2D eigenvalue weighted by molar-refractivity contribution is -0.384. The van der Waals surface area contributed by atoms with E-state index in [9.17, 15) is 14.9 Å². The van der Waals surface area contributed by atoms with Crippen LogP contribution in [0.1, 0.15) is 47.6 Å². The summed E-state index contributed by atoms with van der Waals surface area (Å²) in [5, 5.41) is 18.1. The van der Waals surface area contributed by atoms with Crippen LogP contribution in [0.5, 0.6) is 0 Å². The minimum Gasteiger partial charge on any atom is -0.350 e. The first-order valence-electron chi connectivity index (χ1n) is 9.04. The third kappa shape index (κ3) is 5.06. The SMILES string of the molecule is O=C(NCC(c1ccsc1)N1CCCCCC1)c1ccc([N+](=O)[O-])cc1Cl. The lowest BCUT2D eigenvalue weighted by atomic mass is 10.1. The number of carbonyl (C=O) groups is 1. The van der Waals surface area contributed by atoms with Crippen molar-refractivity contribution < 1.29 is 9.72 Å². The number of nitrogens with one attached hydrogen (secondary N) is 1. The summed E-state index contributed by atoms with van der Waals surface area (Å²) in [5.74, 6) is -0.315. The van der Waals surface area contributed by atoms with Gasteiger partial charge in [0.2, 0.25) is 0 Å². The quantitative estimate of drug-likeness (QED) is 0.558. The average molecular weight is 408 g/mol. The standard InChI is InChI=1S/C19H22ClN3O3S/c20-17-11-15(23(25)26)5-6-16(17)19(24)21-12-18(14-7-10-27-13-14)22-8-3-1-2-4-9-22/h5-7,10-11,13,18H,1-4,8-9,12H2,(H,21,24). The number of rotatable bonds is 6. The number of nitro groups is 1. The van der Waals surface area contributed by atoms with Gasteiger partial charge >= 0.3 is 0 Å². The number of nitrogens with zero attached hydrogens (tertiary/aromatic N) is 2. The molecule has 1 fully saturated rings. The summed E-state index contributed by atoms with van der Waals surface area (Å²) in [5.41, 5.74) is 1.33. The Bertz CT molecular complexity index is 790. The number of non-ortho nitro benzene ring substituents is 1. The Morgan fingerprint density at radius 2 is 2.00 bits per heavy atom. The highest BCUT2D eigenvalue weighted by molar-refractivity contribution is 7.08. The Kier molecular flexibility index (Phi) is 6.82. The van der Waals surface area contributed by atoms with Crippen molar-refractivity contribution in [3.05, 3.63) is 61.3 Å². The predicted octanol–water partition coefficient (Wildman–Crippen LogP) is 4.66. The molecule has 8 heteroatoms. The van der Waals surface area contributed by atoms with E-state index in [2.05, 4.69) is 27.0 Å².